The first-order valence-corrected chi connectivity index (χ1v) is 10.7. The zero-order valence-electron chi connectivity index (χ0n) is 18.5. The highest BCUT2D eigenvalue weighted by molar-refractivity contribution is 5.93. The van der Waals surface area contributed by atoms with E-state index in [1.54, 1.807) is 0 Å². The number of hydrogen-bond acceptors (Lipinski definition) is 7. The number of rotatable bonds is 8. The minimum Gasteiger partial charge on any atom is -0.494 e. The Morgan fingerprint density at radius 3 is 2.85 bits per heavy atom. The van der Waals surface area contributed by atoms with Gasteiger partial charge in [-0.05, 0) is 29.8 Å². The molecule has 1 amide bonds. The van der Waals surface area contributed by atoms with E-state index >= 15 is 0 Å². The number of fused-ring (bicyclic) bond motifs is 1. The van der Waals surface area contributed by atoms with Crippen LogP contribution in [0.1, 0.15) is 22.6 Å². The van der Waals surface area contributed by atoms with Crippen molar-refractivity contribution in [2.45, 2.75) is 19.1 Å². The van der Waals surface area contributed by atoms with E-state index in [1.165, 1.54) is 31.4 Å². The highest BCUT2D eigenvalue weighted by atomic mass is 19.1. The summed E-state index contributed by atoms with van der Waals surface area (Å²) in [5, 5.41) is 5.72. The van der Waals surface area contributed by atoms with Crippen molar-refractivity contribution < 1.29 is 27.8 Å². The second kappa shape index (κ2) is 10.6. The van der Waals surface area contributed by atoms with Crippen LogP contribution in [0.2, 0.25) is 0 Å². The van der Waals surface area contributed by atoms with Gasteiger partial charge < -0.3 is 29.8 Å². The number of halogens is 2. The Morgan fingerprint density at radius 1 is 1.26 bits per heavy atom. The van der Waals surface area contributed by atoms with E-state index in [2.05, 4.69) is 20.6 Å². The van der Waals surface area contributed by atoms with Crippen molar-refractivity contribution in [2.24, 2.45) is 0 Å². The summed E-state index contributed by atoms with van der Waals surface area (Å²) in [5.41, 5.74) is -0.00217. The summed E-state index contributed by atoms with van der Waals surface area (Å²) >= 11 is 0. The highest BCUT2D eigenvalue weighted by Crippen LogP contribution is 2.25. The van der Waals surface area contributed by atoms with Gasteiger partial charge >= 0.3 is 0 Å². The van der Waals surface area contributed by atoms with E-state index in [0.717, 1.165) is 12.6 Å². The quantitative estimate of drug-likeness (QED) is 0.457. The molecule has 34 heavy (non-hydrogen) atoms. The van der Waals surface area contributed by atoms with Crippen molar-refractivity contribution in [2.75, 3.05) is 33.4 Å². The van der Waals surface area contributed by atoms with Crippen LogP contribution < -0.4 is 25.7 Å². The second-order valence-corrected chi connectivity index (χ2v) is 7.67. The molecule has 180 valence electrons. The molecular formula is C23H24F2N4O5. The lowest BCUT2D eigenvalue weighted by Gasteiger charge is -2.23. The molecule has 11 heteroatoms. The maximum Gasteiger partial charge on any atom is 0.287 e. The van der Waals surface area contributed by atoms with Crippen molar-refractivity contribution in [3.8, 4) is 11.5 Å². The maximum absolute atomic E-state index is 14.5. The number of morpholine rings is 1. The molecule has 9 nitrogen and oxygen atoms in total. The number of amides is 1. The summed E-state index contributed by atoms with van der Waals surface area (Å²) in [7, 11) is 1.34. The molecule has 1 aliphatic rings. The number of H-pyrrole nitrogens is 1. The molecule has 1 fully saturated rings. The van der Waals surface area contributed by atoms with Crippen LogP contribution in [0.5, 0.6) is 11.5 Å². The lowest BCUT2D eigenvalue weighted by atomic mass is 10.2. The third kappa shape index (κ3) is 5.32. The van der Waals surface area contributed by atoms with Crippen molar-refractivity contribution in [1.29, 1.82) is 0 Å². The normalized spacial score (nSPS) is 15.8. The molecule has 1 unspecified atom stereocenters. The Hall–Kier alpha value is -3.57. The van der Waals surface area contributed by atoms with Crippen molar-refractivity contribution in [3.05, 3.63) is 63.7 Å². The molecule has 0 radical (unpaired) electrons. The fourth-order valence-electron chi connectivity index (χ4n) is 3.60. The Bertz CT molecular complexity index is 1240. The van der Waals surface area contributed by atoms with Gasteiger partial charge in [-0.1, -0.05) is 6.07 Å². The summed E-state index contributed by atoms with van der Waals surface area (Å²) in [6.45, 7) is 2.24. The summed E-state index contributed by atoms with van der Waals surface area (Å²) in [4.78, 5) is 31.8. The monoisotopic (exact) mass is 474 g/mol. The minimum absolute atomic E-state index is 0.0462. The van der Waals surface area contributed by atoms with Crippen LogP contribution in [0.15, 0.2) is 35.1 Å². The molecule has 0 bridgehead atoms. The number of nitrogens with zero attached hydrogens (tertiary/aromatic N) is 1. The fraction of sp³-hybridized carbons (Fsp3) is 0.348. The van der Waals surface area contributed by atoms with E-state index in [1.807, 2.05) is 0 Å². The molecule has 1 atom stereocenters. The van der Waals surface area contributed by atoms with Crippen LogP contribution in [-0.2, 0) is 11.3 Å². The van der Waals surface area contributed by atoms with Crippen LogP contribution in [0.25, 0.3) is 10.9 Å². The first-order chi connectivity index (χ1) is 16.5. The van der Waals surface area contributed by atoms with E-state index < -0.39 is 23.1 Å². The smallest absolute Gasteiger partial charge is 0.287 e. The number of benzene rings is 2. The zero-order valence-corrected chi connectivity index (χ0v) is 18.5. The summed E-state index contributed by atoms with van der Waals surface area (Å²) in [6.07, 6.45) is 0.461. The Morgan fingerprint density at radius 2 is 2.09 bits per heavy atom. The molecule has 4 rings (SSSR count). The Balaban J connectivity index is 1.48. The van der Waals surface area contributed by atoms with Gasteiger partial charge in [-0.2, -0.15) is 0 Å². The second-order valence-electron chi connectivity index (χ2n) is 7.67. The predicted molar refractivity (Wildman–Crippen MR) is 119 cm³/mol. The van der Waals surface area contributed by atoms with Crippen molar-refractivity contribution in [1.82, 2.24) is 20.6 Å². The Labute approximate surface area is 193 Å². The molecule has 1 aliphatic heterocycles. The predicted octanol–water partition coefficient (Wildman–Crippen LogP) is 1.90. The SMILES string of the molecule is COc1cc(CNC(=O)c2nc3ccc(F)c(OCCC4CNCCO4)c3c(=O)[nH]2)ccc1F. The molecule has 1 aromatic heterocycles. The molecule has 2 aromatic carbocycles. The number of hydrogen-bond donors (Lipinski definition) is 3. The highest BCUT2D eigenvalue weighted by Gasteiger charge is 2.19. The summed E-state index contributed by atoms with van der Waals surface area (Å²) in [5.74, 6) is -2.30. The molecule has 1 saturated heterocycles. The molecule has 0 saturated carbocycles. The number of nitrogens with one attached hydrogen (secondary N) is 3. The topological polar surface area (TPSA) is 115 Å². The lowest BCUT2D eigenvalue weighted by Crippen LogP contribution is -2.39. The lowest BCUT2D eigenvalue weighted by molar-refractivity contribution is 0.0157. The molecule has 2 heterocycles. The van der Waals surface area contributed by atoms with Crippen LogP contribution in [0.3, 0.4) is 0 Å². The number of aromatic nitrogens is 2. The van der Waals surface area contributed by atoms with E-state index in [-0.39, 0.29) is 47.5 Å². The van der Waals surface area contributed by atoms with E-state index in [0.29, 0.717) is 25.1 Å². The van der Waals surface area contributed by atoms with Crippen molar-refractivity contribution in [3.63, 3.8) is 0 Å². The number of ether oxygens (including phenoxy) is 3. The van der Waals surface area contributed by atoms with Crippen molar-refractivity contribution >= 4 is 16.8 Å². The Kier molecular flexibility index (Phi) is 7.33. The maximum atomic E-state index is 14.5. The average molecular weight is 474 g/mol. The van der Waals surface area contributed by atoms with Crippen LogP contribution in [-0.4, -0.2) is 55.4 Å². The average Bonchev–Trinajstić information content (AvgIpc) is 2.85. The van der Waals surface area contributed by atoms with Gasteiger partial charge in [0.25, 0.3) is 11.5 Å². The van der Waals surface area contributed by atoms with Gasteiger partial charge in [0.2, 0.25) is 0 Å². The first kappa shape index (κ1) is 23.6. The van der Waals surface area contributed by atoms with Gasteiger partial charge in [0, 0.05) is 26.1 Å². The van der Waals surface area contributed by atoms with E-state index in [9.17, 15) is 18.4 Å². The number of methoxy groups -OCH3 is 1. The third-order valence-corrected chi connectivity index (χ3v) is 5.35. The fourth-order valence-corrected chi connectivity index (χ4v) is 3.60. The van der Waals surface area contributed by atoms with Gasteiger partial charge in [-0.3, -0.25) is 9.59 Å². The van der Waals surface area contributed by atoms with Gasteiger partial charge in [0.15, 0.2) is 29.0 Å². The first-order valence-electron chi connectivity index (χ1n) is 10.7. The van der Waals surface area contributed by atoms with Crippen LogP contribution in [0.4, 0.5) is 8.78 Å². The van der Waals surface area contributed by atoms with Crippen LogP contribution in [0, 0.1) is 11.6 Å². The number of carbonyl (C=O) groups is 1. The third-order valence-electron chi connectivity index (χ3n) is 5.35. The molecule has 3 N–H and O–H groups in total. The standard InChI is InChI=1S/C23H24F2N4O5/c1-32-18-10-13(2-3-15(18)24)11-27-23(31)21-28-17-5-4-16(25)20(19(17)22(30)29-21)34-8-6-14-12-26-7-9-33-14/h2-5,10,14,26H,6-9,11-12H2,1H3,(H,27,31)(H,28,29,30). The van der Waals surface area contributed by atoms with Gasteiger partial charge in [-0.25, -0.2) is 13.8 Å². The molecule has 0 aliphatic carbocycles. The minimum atomic E-state index is -0.705. The number of carbonyl (C=O) groups excluding carboxylic acids is 1. The zero-order chi connectivity index (χ0) is 24.1. The van der Waals surface area contributed by atoms with Crippen LogP contribution >= 0.6 is 0 Å². The number of aromatic amines is 1. The van der Waals surface area contributed by atoms with Gasteiger partial charge in [-0.15, -0.1) is 0 Å². The molecule has 0 spiro atoms. The summed E-state index contributed by atoms with van der Waals surface area (Å²) < 4.78 is 44.1. The van der Waals surface area contributed by atoms with Gasteiger partial charge in [0.1, 0.15) is 5.39 Å². The van der Waals surface area contributed by atoms with E-state index in [4.69, 9.17) is 14.2 Å². The molecular weight excluding hydrogens is 450 g/mol. The largest absolute Gasteiger partial charge is 0.494 e. The van der Waals surface area contributed by atoms with Gasteiger partial charge in [0.05, 0.1) is 31.9 Å². The summed E-state index contributed by atoms with van der Waals surface area (Å²) in [6, 6.07) is 6.61. The molecule has 3 aromatic rings.